The number of imide groups is 2. The second kappa shape index (κ2) is 15.0. The van der Waals surface area contributed by atoms with Gasteiger partial charge in [0, 0.05) is 90.2 Å². The van der Waals surface area contributed by atoms with Gasteiger partial charge >= 0.3 is 6.03 Å². The second-order valence-electron chi connectivity index (χ2n) is 16.2. The number of carbonyl (C=O) groups excluding carboxylic acids is 6. The molecule has 304 valence electrons. The fourth-order valence-corrected chi connectivity index (χ4v) is 9.25. The summed E-state index contributed by atoms with van der Waals surface area (Å²) in [5, 5.41) is 10.1. The van der Waals surface area contributed by atoms with Gasteiger partial charge in [0.15, 0.2) is 11.5 Å². The molecule has 3 aromatic rings. The smallest absolute Gasteiger partial charge is 0.320 e. The number of likely N-dealkylation sites (N-methyl/N-ethyl adjacent to an activating group) is 1. The van der Waals surface area contributed by atoms with Crippen molar-refractivity contribution in [1.29, 1.82) is 0 Å². The predicted octanol–water partition coefficient (Wildman–Crippen LogP) is 1.03. The molecule has 2 atom stereocenters. The molecule has 8 heterocycles. The molecule has 9 rings (SSSR count). The number of amides is 7. The van der Waals surface area contributed by atoms with E-state index in [9.17, 15) is 28.8 Å². The number of piperidine rings is 3. The molecule has 5 fully saturated rings. The molecular formula is C39H47N13O6. The first-order valence-corrected chi connectivity index (χ1v) is 20.1. The molecule has 58 heavy (non-hydrogen) atoms. The third-order valence-electron chi connectivity index (χ3n) is 12.5. The van der Waals surface area contributed by atoms with Crippen LogP contribution in [-0.2, 0) is 9.59 Å². The van der Waals surface area contributed by atoms with Gasteiger partial charge < -0.3 is 35.6 Å². The highest BCUT2D eigenvalue weighted by atomic mass is 16.2. The summed E-state index contributed by atoms with van der Waals surface area (Å²) in [7, 11) is 1.82. The minimum absolute atomic E-state index is 0.0421. The highest BCUT2D eigenvalue weighted by Crippen LogP contribution is 2.34. The van der Waals surface area contributed by atoms with Crippen molar-refractivity contribution >= 4 is 58.6 Å². The van der Waals surface area contributed by atoms with Crippen molar-refractivity contribution in [2.24, 2.45) is 11.7 Å². The standard InChI is InChI=1S/C39H47N13O6/c1-46-13-14-50(39(46)58)27-3-2-10-48(22-27)31-17-41-33(34(40)54)35(44-31)43-24-16-42-51(21-24)25-8-11-47(12-9-25)18-23-19-49(20-23)26-4-5-28-29(15-26)38(57)52(37(28)56)30-6-7-32(53)45-36(30)55/h4-5,15-17,21,23,25,27,30H,2-3,6-14,18-20,22H2,1H3,(H2,40,54)(H,43,44)(H,45,53,55)/t27-,30?/m0/s1. The van der Waals surface area contributed by atoms with Crippen molar-refractivity contribution in [3.05, 3.63) is 53.6 Å². The van der Waals surface area contributed by atoms with Crippen LogP contribution in [0, 0.1) is 5.92 Å². The summed E-state index contributed by atoms with van der Waals surface area (Å²) >= 11 is 0. The Bertz CT molecular complexity index is 2180. The van der Waals surface area contributed by atoms with Crippen molar-refractivity contribution in [3.63, 3.8) is 0 Å². The first kappa shape index (κ1) is 37.5. The number of fused-ring (bicyclic) bond motifs is 1. The number of hydrogen-bond donors (Lipinski definition) is 3. The van der Waals surface area contributed by atoms with Crippen LogP contribution in [0.1, 0.15) is 75.8 Å². The lowest BCUT2D eigenvalue weighted by Crippen LogP contribution is -2.54. The Morgan fingerprint density at radius 2 is 1.69 bits per heavy atom. The fraction of sp³-hybridized carbons (Fsp3) is 0.513. The lowest BCUT2D eigenvalue weighted by Gasteiger charge is -2.44. The molecule has 0 spiro atoms. The van der Waals surface area contributed by atoms with Gasteiger partial charge in [-0.3, -0.25) is 38.9 Å². The zero-order valence-electron chi connectivity index (χ0n) is 32.4. The Labute approximate surface area is 334 Å². The molecule has 4 N–H and O–H groups in total. The van der Waals surface area contributed by atoms with Gasteiger partial charge in [-0.05, 0) is 50.3 Å². The van der Waals surface area contributed by atoms with E-state index < -0.39 is 35.6 Å². The van der Waals surface area contributed by atoms with E-state index >= 15 is 0 Å². The second-order valence-corrected chi connectivity index (χ2v) is 16.2. The molecule has 5 saturated heterocycles. The number of aromatic nitrogens is 4. The monoisotopic (exact) mass is 793 g/mol. The summed E-state index contributed by atoms with van der Waals surface area (Å²) in [5.74, 6) is -1.36. The molecule has 6 aliphatic rings. The number of anilines is 4. The molecule has 19 nitrogen and oxygen atoms in total. The van der Waals surface area contributed by atoms with Gasteiger partial charge in [0.05, 0.1) is 41.3 Å². The number of nitrogens with two attached hydrogens (primary N) is 1. The van der Waals surface area contributed by atoms with Crippen molar-refractivity contribution in [3.8, 4) is 0 Å². The lowest BCUT2D eigenvalue weighted by atomic mass is 9.95. The topological polar surface area (TPSA) is 216 Å². The van der Waals surface area contributed by atoms with E-state index in [0.717, 1.165) is 82.1 Å². The number of urea groups is 1. The van der Waals surface area contributed by atoms with E-state index in [1.54, 1.807) is 29.4 Å². The first-order chi connectivity index (χ1) is 28.0. The Morgan fingerprint density at radius 3 is 2.43 bits per heavy atom. The van der Waals surface area contributed by atoms with Crippen LogP contribution in [0.25, 0.3) is 0 Å². The molecule has 7 amide bonds. The van der Waals surface area contributed by atoms with Crippen LogP contribution >= 0.6 is 0 Å². The molecule has 1 aromatic carbocycles. The summed E-state index contributed by atoms with van der Waals surface area (Å²) in [6.45, 7) is 7.28. The minimum Gasteiger partial charge on any atom is -0.371 e. The van der Waals surface area contributed by atoms with Crippen LogP contribution in [0.3, 0.4) is 0 Å². The number of nitrogens with zero attached hydrogens (tertiary/aromatic N) is 10. The van der Waals surface area contributed by atoms with Crippen LogP contribution in [-0.4, -0.2) is 153 Å². The molecule has 6 aliphatic heterocycles. The number of nitrogens with one attached hydrogen (secondary N) is 2. The Balaban J connectivity index is 0.767. The number of likely N-dealkylation sites (tertiary alicyclic amines) is 1. The molecule has 0 radical (unpaired) electrons. The number of carbonyl (C=O) groups is 6. The van der Waals surface area contributed by atoms with Crippen molar-refractivity contribution in [2.75, 3.05) is 81.1 Å². The van der Waals surface area contributed by atoms with E-state index in [1.165, 1.54) is 0 Å². The Morgan fingerprint density at radius 1 is 0.897 bits per heavy atom. The summed E-state index contributed by atoms with van der Waals surface area (Å²) in [5.41, 5.74) is 7.86. The van der Waals surface area contributed by atoms with Crippen LogP contribution in [0.15, 0.2) is 36.8 Å². The highest BCUT2D eigenvalue weighted by Gasteiger charge is 2.45. The van der Waals surface area contributed by atoms with E-state index in [2.05, 4.69) is 35.4 Å². The Kier molecular flexibility index (Phi) is 9.69. The third-order valence-corrected chi connectivity index (χ3v) is 12.5. The van der Waals surface area contributed by atoms with Crippen LogP contribution < -0.4 is 26.2 Å². The summed E-state index contributed by atoms with van der Waals surface area (Å²) in [4.78, 5) is 96.1. The van der Waals surface area contributed by atoms with Gasteiger partial charge in [-0.25, -0.2) is 14.8 Å². The van der Waals surface area contributed by atoms with E-state index in [0.29, 0.717) is 36.1 Å². The zero-order valence-corrected chi connectivity index (χ0v) is 32.4. The summed E-state index contributed by atoms with van der Waals surface area (Å²) in [6, 6.07) is 4.62. The maximum Gasteiger partial charge on any atom is 0.320 e. The Hall–Kier alpha value is -6.11. The lowest BCUT2D eigenvalue weighted by molar-refractivity contribution is -0.136. The summed E-state index contributed by atoms with van der Waals surface area (Å²) in [6.07, 6.45) is 9.11. The van der Waals surface area contributed by atoms with Gasteiger partial charge in [0.2, 0.25) is 11.8 Å². The van der Waals surface area contributed by atoms with Gasteiger partial charge in [-0.1, -0.05) is 0 Å². The summed E-state index contributed by atoms with van der Waals surface area (Å²) < 4.78 is 1.96. The molecule has 0 saturated carbocycles. The van der Waals surface area contributed by atoms with Gasteiger partial charge in [-0.2, -0.15) is 5.10 Å². The first-order valence-electron chi connectivity index (χ1n) is 20.1. The van der Waals surface area contributed by atoms with Crippen molar-refractivity contribution in [1.82, 2.24) is 44.7 Å². The molecule has 2 aromatic heterocycles. The SMILES string of the molecule is CN1CCN([C@H]2CCCN(c3cnc(C(N)=O)c(Nc4cnn(C5CCN(CC6CN(c7ccc8c(c7)C(=O)N(C7CCC(=O)NC7=O)C8=O)C6)CC5)c4)n3)C2)C1=O. The van der Waals surface area contributed by atoms with Crippen molar-refractivity contribution in [2.45, 2.75) is 56.7 Å². The van der Waals surface area contributed by atoms with Crippen molar-refractivity contribution < 1.29 is 28.8 Å². The normalized spacial score (nSPS) is 23.5. The number of primary amides is 1. The predicted molar refractivity (Wildman–Crippen MR) is 210 cm³/mol. The fourth-order valence-electron chi connectivity index (χ4n) is 9.25. The largest absolute Gasteiger partial charge is 0.371 e. The molecule has 1 unspecified atom stereocenters. The highest BCUT2D eigenvalue weighted by molar-refractivity contribution is 6.23. The third kappa shape index (κ3) is 6.96. The van der Waals surface area contributed by atoms with Gasteiger partial charge in [-0.15, -0.1) is 0 Å². The number of benzene rings is 1. The van der Waals surface area contributed by atoms with Crippen LogP contribution in [0.5, 0.6) is 0 Å². The van der Waals surface area contributed by atoms with E-state index in [1.807, 2.05) is 28.9 Å². The van der Waals surface area contributed by atoms with Gasteiger partial charge in [0.1, 0.15) is 11.9 Å². The average Bonchev–Trinajstić information content (AvgIpc) is 3.88. The van der Waals surface area contributed by atoms with Gasteiger partial charge in [0.25, 0.3) is 17.7 Å². The van der Waals surface area contributed by atoms with Crippen LogP contribution in [0.2, 0.25) is 0 Å². The van der Waals surface area contributed by atoms with Crippen LogP contribution in [0.4, 0.5) is 27.8 Å². The molecule has 0 bridgehead atoms. The molecule has 0 aliphatic carbocycles. The maximum atomic E-state index is 13.3. The average molecular weight is 794 g/mol. The number of hydrogen-bond acceptors (Lipinski definition) is 13. The van der Waals surface area contributed by atoms with E-state index in [4.69, 9.17) is 10.7 Å². The maximum absolute atomic E-state index is 13.3. The number of rotatable bonds is 10. The molecule has 19 heteroatoms. The quantitative estimate of drug-likeness (QED) is 0.245. The van der Waals surface area contributed by atoms with E-state index in [-0.39, 0.29) is 48.0 Å². The molecular weight excluding hydrogens is 747 g/mol. The minimum atomic E-state index is -0.982. The zero-order chi connectivity index (χ0) is 40.2.